The van der Waals surface area contributed by atoms with E-state index in [4.69, 9.17) is 0 Å². The number of carbonyl (C=O) groups excluding carboxylic acids is 3. The zero-order valence-corrected chi connectivity index (χ0v) is 11.8. The van der Waals surface area contributed by atoms with E-state index >= 15 is 0 Å². The van der Waals surface area contributed by atoms with Crippen LogP contribution in [0.15, 0.2) is 36.7 Å². The lowest BCUT2D eigenvalue weighted by atomic mass is 9.77. The van der Waals surface area contributed by atoms with Gasteiger partial charge in [0.2, 0.25) is 0 Å². The number of hydrogen-bond donors (Lipinski definition) is 0. The summed E-state index contributed by atoms with van der Waals surface area (Å²) in [4.78, 5) is 39.2. The third-order valence-electron chi connectivity index (χ3n) is 3.08. The summed E-state index contributed by atoms with van der Waals surface area (Å²) < 4.78 is 4.64. The van der Waals surface area contributed by atoms with Crippen LogP contribution >= 0.6 is 0 Å². The SMILES string of the molecule is C=C(C(=O)OC)C(c1cccnc1)C(C(C)=O)C(C)=O. The maximum atomic E-state index is 11.8. The maximum absolute atomic E-state index is 11.8. The zero-order valence-electron chi connectivity index (χ0n) is 11.8. The number of pyridine rings is 1. The minimum Gasteiger partial charge on any atom is -0.466 e. The Balaban J connectivity index is 3.34. The van der Waals surface area contributed by atoms with Crippen LogP contribution in [0.3, 0.4) is 0 Å². The van der Waals surface area contributed by atoms with Crippen molar-refractivity contribution >= 4 is 17.5 Å². The lowest BCUT2D eigenvalue weighted by molar-refractivity contribution is -0.136. The van der Waals surface area contributed by atoms with E-state index in [0.29, 0.717) is 5.56 Å². The molecule has 106 valence electrons. The summed E-state index contributed by atoms with van der Waals surface area (Å²) in [5.41, 5.74) is 0.647. The molecule has 0 saturated heterocycles. The van der Waals surface area contributed by atoms with Crippen molar-refractivity contribution in [2.75, 3.05) is 7.11 Å². The van der Waals surface area contributed by atoms with Crippen molar-refractivity contribution < 1.29 is 19.1 Å². The first-order valence-electron chi connectivity index (χ1n) is 6.08. The van der Waals surface area contributed by atoms with Gasteiger partial charge in [-0.3, -0.25) is 14.6 Å². The minimum absolute atomic E-state index is 0.0656. The summed E-state index contributed by atoms with van der Waals surface area (Å²) in [6, 6.07) is 3.37. The van der Waals surface area contributed by atoms with Gasteiger partial charge in [-0.1, -0.05) is 12.6 Å². The van der Waals surface area contributed by atoms with Gasteiger partial charge in [0.1, 0.15) is 11.6 Å². The Labute approximate surface area is 117 Å². The molecular weight excluding hydrogens is 258 g/mol. The monoisotopic (exact) mass is 275 g/mol. The number of rotatable bonds is 6. The Morgan fingerprint density at radius 1 is 1.25 bits per heavy atom. The topological polar surface area (TPSA) is 73.3 Å². The Hall–Kier alpha value is -2.30. The molecule has 0 bridgehead atoms. The van der Waals surface area contributed by atoms with Crippen molar-refractivity contribution in [1.82, 2.24) is 4.98 Å². The van der Waals surface area contributed by atoms with Gasteiger partial charge in [0.25, 0.3) is 0 Å². The Bertz CT molecular complexity index is 522. The molecule has 5 heteroatoms. The molecule has 0 aliphatic rings. The standard InChI is InChI=1S/C15H17NO4/c1-9(15(19)20-4)13(12-6-5-7-16-8-12)14(10(2)17)11(3)18/h5-8,13-14H,1H2,2-4H3. The molecule has 1 aromatic rings. The largest absolute Gasteiger partial charge is 0.466 e. The molecule has 1 unspecified atom stereocenters. The van der Waals surface area contributed by atoms with Gasteiger partial charge < -0.3 is 4.74 Å². The molecule has 1 atom stereocenters. The first-order chi connectivity index (χ1) is 9.40. The number of ketones is 2. The highest BCUT2D eigenvalue weighted by Gasteiger charge is 2.35. The van der Waals surface area contributed by atoms with Gasteiger partial charge in [-0.25, -0.2) is 4.79 Å². The van der Waals surface area contributed by atoms with E-state index in [9.17, 15) is 14.4 Å². The summed E-state index contributed by atoms with van der Waals surface area (Å²) in [6.07, 6.45) is 3.08. The highest BCUT2D eigenvalue weighted by molar-refractivity contribution is 6.03. The second kappa shape index (κ2) is 6.75. The second-order valence-corrected chi connectivity index (χ2v) is 4.48. The smallest absolute Gasteiger partial charge is 0.333 e. The molecule has 5 nitrogen and oxygen atoms in total. The number of carbonyl (C=O) groups is 3. The highest BCUT2D eigenvalue weighted by Crippen LogP contribution is 2.32. The third kappa shape index (κ3) is 3.38. The molecule has 0 aromatic carbocycles. The number of methoxy groups -OCH3 is 1. The van der Waals surface area contributed by atoms with Crippen LogP contribution in [0.25, 0.3) is 0 Å². The van der Waals surface area contributed by atoms with E-state index < -0.39 is 17.8 Å². The fourth-order valence-corrected chi connectivity index (χ4v) is 2.17. The number of nitrogens with zero attached hydrogens (tertiary/aromatic N) is 1. The summed E-state index contributed by atoms with van der Waals surface area (Å²) >= 11 is 0. The van der Waals surface area contributed by atoms with Crippen LogP contribution < -0.4 is 0 Å². The van der Waals surface area contributed by atoms with Gasteiger partial charge in [0.15, 0.2) is 0 Å². The molecular formula is C15H17NO4. The van der Waals surface area contributed by atoms with Crippen LogP contribution in [0.1, 0.15) is 25.3 Å². The van der Waals surface area contributed by atoms with E-state index in [2.05, 4.69) is 16.3 Å². The molecule has 0 amide bonds. The molecule has 0 spiro atoms. The average Bonchev–Trinajstić information content (AvgIpc) is 2.43. The first kappa shape index (κ1) is 15.8. The lowest BCUT2D eigenvalue weighted by Crippen LogP contribution is -2.30. The van der Waals surface area contributed by atoms with Gasteiger partial charge in [-0.2, -0.15) is 0 Å². The Morgan fingerprint density at radius 2 is 1.85 bits per heavy atom. The number of Topliss-reactive ketones (excluding diaryl/α,β-unsaturated/α-hetero) is 2. The van der Waals surface area contributed by atoms with Gasteiger partial charge >= 0.3 is 5.97 Å². The zero-order chi connectivity index (χ0) is 15.3. The fourth-order valence-electron chi connectivity index (χ4n) is 2.17. The molecule has 0 aliphatic heterocycles. The number of aromatic nitrogens is 1. The van der Waals surface area contributed by atoms with Gasteiger partial charge in [-0.05, 0) is 25.5 Å². The second-order valence-electron chi connectivity index (χ2n) is 4.48. The van der Waals surface area contributed by atoms with Gasteiger partial charge in [0, 0.05) is 23.9 Å². The molecule has 0 N–H and O–H groups in total. The van der Waals surface area contributed by atoms with Crippen LogP contribution in [0, 0.1) is 5.92 Å². The summed E-state index contributed by atoms with van der Waals surface area (Å²) in [7, 11) is 1.23. The molecule has 0 saturated carbocycles. The normalized spacial score (nSPS) is 11.8. The minimum atomic E-state index is -0.967. The Kier molecular flexibility index (Phi) is 5.32. The van der Waals surface area contributed by atoms with Crippen molar-refractivity contribution in [1.29, 1.82) is 0 Å². The predicted octanol–water partition coefficient (Wildman–Crippen LogP) is 1.69. The predicted molar refractivity (Wildman–Crippen MR) is 73.0 cm³/mol. The number of hydrogen-bond acceptors (Lipinski definition) is 5. The van der Waals surface area contributed by atoms with E-state index in [0.717, 1.165) is 0 Å². The first-order valence-corrected chi connectivity index (χ1v) is 6.08. The number of esters is 1. The van der Waals surface area contributed by atoms with E-state index in [1.54, 1.807) is 18.3 Å². The lowest BCUT2D eigenvalue weighted by Gasteiger charge is -2.24. The highest BCUT2D eigenvalue weighted by atomic mass is 16.5. The molecule has 1 rings (SSSR count). The average molecular weight is 275 g/mol. The summed E-state index contributed by atoms with van der Waals surface area (Å²) in [5, 5.41) is 0. The maximum Gasteiger partial charge on any atom is 0.333 e. The van der Waals surface area contributed by atoms with Crippen molar-refractivity contribution in [3.63, 3.8) is 0 Å². The molecule has 0 radical (unpaired) electrons. The Morgan fingerprint density at radius 3 is 2.25 bits per heavy atom. The van der Waals surface area contributed by atoms with Crippen molar-refractivity contribution in [3.8, 4) is 0 Å². The van der Waals surface area contributed by atoms with E-state index in [1.165, 1.54) is 27.2 Å². The van der Waals surface area contributed by atoms with Crippen LogP contribution in [-0.2, 0) is 19.1 Å². The molecule has 0 aliphatic carbocycles. The molecule has 1 heterocycles. The molecule has 1 aromatic heterocycles. The van der Waals surface area contributed by atoms with Crippen LogP contribution in [0.2, 0.25) is 0 Å². The van der Waals surface area contributed by atoms with Crippen LogP contribution in [0.5, 0.6) is 0 Å². The quantitative estimate of drug-likeness (QED) is 0.449. The summed E-state index contributed by atoms with van der Waals surface area (Å²) in [6.45, 7) is 6.32. The van der Waals surface area contributed by atoms with Crippen molar-refractivity contribution in [2.45, 2.75) is 19.8 Å². The summed E-state index contributed by atoms with van der Waals surface area (Å²) in [5.74, 6) is -3.02. The number of ether oxygens (including phenoxy) is 1. The van der Waals surface area contributed by atoms with Gasteiger partial charge in [0.05, 0.1) is 13.0 Å². The third-order valence-corrected chi connectivity index (χ3v) is 3.08. The van der Waals surface area contributed by atoms with Crippen molar-refractivity contribution in [3.05, 3.63) is 42.2 Å². The van der Waals surface area contributed by atoms with E-state index in [-0.39, 0.29) is 17.1 Å². The molecule has 20 heavy (non-hydrogen) atoms. The van der Waals surface area contributed by atoms with Crippen LogP contribution in [0.4, 0.5) is 0 Å². The van der Waals surface area contributed by atoms with Crippen molar-refractivity contribution in [2.24, 2.45) is 5.92 Å². The van der Waals surface area contributed by atoms with E-state index in [1.807, 2.05) is 0 Å². The fraction of sp³-hybridized carbons (Fsp3) is 0.333. The van der Waals surface area contributed by atoms with Crippen LogP contribution in [-0.4, -0.2) is 29.6 Å². The molecule has 0 fully saturated rings. The van der Waals surface area contributed by atoms with Gasteiger partial charge in [-0.15, -0.1) is 0 Å².